The van der Waals surface area contributed by atoms with Gasteiger partial charge in [0, 0.05) is 24.4 Å². The molecule has 1 heterocycles. The molecule has 0 saturated heterocycles. The average molecular weight is 448 g/mol. The molecule has 0 aromatic heterocycles. The van der Waals surface area contributed by atoms with Crippen molar-refractivity contribution in [3.63, 3.8) is 0 Å². The molecule has 4 N–H and O–H groups in total. The molecule has 2 aromatic rings. The fourth-order valence-electron chi connectivity index (χ4n) is 3.22. The number of nitrogens with one attached hydrogen (secondary N) is 2. The molecule has 2 aromatic carbocycles. The number of hydrogen-bond acceptors (Lipinski definition) is 5. The van der Waals surface area contributed by atoms with Crippen LogP contribution < -0.4 is 15.8 Å². The van der Waals surface area contributed by atoms with Crippen molar-refractivity contribution in [1.82, 2.24) is 5.32 Å². The van der Waals surface area contributed by atoms with Crippen molar-refractivity contribution in [1.29, 1.82) is 0 Å². The summed E-state index contributed by atoms with van der Waals surface area (Å²) >= 11 is 1.51. The van der Waals surface area contributed by atoms with Gasteiger partial charge in [0.1, 0.15) is 0 Å². The number of thioether (sulfide) groups is 1. The summed E-state index contributed by atoms with van der Waals surface area (Å²) in [6.45, 7) is 0.456. The highest BCUT2D eigenvalue weighted by Crippen LogP contribution is 2.27. The van der Waals surface area contributed by atoms with E-state index in [1.807, 2.05) is 24.3 Å². The number of benzene rings is 2. The summed E-state index contributed by atoms with van der Waals surface area (Å²) in [4.78, 5) is 24.5. The summed E-state index contributed by atoms with van der Waals surface area (Å²) in [5.41, 5.74) is 2.93. The number of para-hydroxylation sites is 1. The van der Waals surface area contributed by atoms with Gasteiger partial charge < -0.3 is 10.6 Å². The molecule has 0 radical (unpaired) electrons. The minimum absolute atomic E-state index is 0.00621. The number of rotatable bonds is 8. The lowest BCUT2D eigenvalue weighted by molar-refractivity contribution is -0.120. The van der Waals surface area contributed by atoms with Crippen LogP contribution in [0.1, 0.15) is 24.0 Å². The van der Waals surface area contributed by atoms with Crippen molar-refractivity contribution in [2.24, 2.45) is 5.14 Å². The van der Waals surface area contributed by atoms with Crippen LogP contribution in [0.5, 0.6) is 0 Å². The molecule has 1 atom stereocenters. The minimum atomic E-state index is -3.70. The van der Waals surface area contributed by atoms with E-state index in [-0.39, 0.29) is 22.0 Å². The predicted molar refractivity (Wildman–Crippen MR) is 119 cm³/mol. The number of anilines is 1. The Hall–Kier alpha value is -2.36. The number of amides is 2. The van der Waals surface area contributed by atoms with Gasteiger partial charge >= 0.3 is 0 Å². The largest absolute Gasteiger partial charge is 0.356 e. The third-order valence-corrected chi connectivity index (χ3v) is 7.10. The number of aryl methyl sites for hydroxylation is 1. The van der Waals surface area contributed by atoms with Gasteiger partial charge in [-0.1, -0.05) is 30.3 Å². The molecule has 1 aliphatic heterocycles. The Balaban J connectivity index is 1.36. The Labute approximate surface area is 180 Å². The Morgan fingerprint density at radius 2 is 1.90 bits per heavy atom. The van der Waals surface area contributed by atoms with E-state index in [0.29, 0.717) is 25.1 Å². The smallest absolute Gasteiger partial charge is 0.238 e. The molecule has 0 fully saturated rings. The number of fused-ring (bicyclic) bond motifs is 1. The van der Waals surface area contributed by atoms with E-state index < -0.39 is 10.0 Å². The van der Waals surface area contributed by atoms with E-state index in [4.69, 9.17) is 5.14 Å². The minimum Gasteiger partial charge on any atom is -0.356 e. The highest BCUT2D eigenvalue weighted by atomic mass is 32.2. The maximum atomic E-state index is 12.4. The molecule has 2 amide bonds. The zero-order chi connectivity index (χ0) is 21.6. The van der Waals surface area contributed by atoms with Gasteiger partial charge in [-0.15, -0.1) is 11.8 Å². The first-order valence-electron chi connectivity index (χ1n) is 9.72. The third kappa shape index (κ3) is 6.32. The van der Waals surface area contributed by atoms with Crippen molar-refractivity contribution < 1.29 is 18.0 Å². The topological polar surface area (TPSA) is 118 Å². The number of nitrogens with two attached hydrogens (primary N) is 1. The SMILES string of the molecule is NS(=O)(=O)c1ccc(CCNC(=O)CCS[C@H]2CCc3ccccc3NC2=O)cc1. The second-order valence-corrected chi connectivity index (χ2v) is 9.96. The Bertz CT molecular complexity index is 1010. The fourth-order valence-corrected chi connectivity index (χ4v) is 4.82. The van der Waals surface area contributed by atoms with Crippen LogP contribution >= 0.6 is 11.8 Å². The molecule has 0 aliphatic carbocycles. The Morgan fingerprint density at radius 1 is 1.17 bits per heavy atom. The van der Waals surface area contributed by atoms with E-state index in [9.17, 15) is 18.0 Å². The van der Waals surface area contributed by atoms with Gasteiger partial charge in [-0.25, -0.2) is 13.6 Å². The van der Waals surface area contributed by atoms with Gasteiger partial charge in [0.15, 0.2) is 0 Å². The van der Waals surface area contributed by atoms with Gasteiger partial charge in [0.05, 0.1) is 10.1 Å². The second kappa shape index (κ2) is 10.1. The van der Waals surface area contributed by atoms with Crippen LogP contribution in [0.2, 0.25) is 0 Å². The van der Waals surface area contributed by atoms with Gasteiger partial charge in [-0.3, -0.25) is 9.59 Å². The molecule has 9 heteroatoms. The Morgan fingerprint density at radius 3 is 2.63 bits per heavy atom. The highest BCUT2D eigenvalue weighted by Gasteiger charge is 2.23. The van der Waals surface area contributed by atoms with E-state index >= 15 is 0 Å². The maximum absolute atomic E-state index is 12.4. The van der Waals surface area contributed by atoms with Crippen molar-refractivity contribution in [2.75, 3.05) is 17.6 Å². The molecular weight excluding hydrogens is 422 g/mol. The first-order chi connectivity index (χ1) is 14.3. The summed E-state index contributed by atoms with van der Waals surface area (Å²) < 4.78 is 22.5. The van der Waals surface area contributed by atoms with Crippen LogP contribution in [0.25, 0.3) is 0 Å². The summed E-state index contributed by atoms with van der Waals surface area (Å²) in [6, 6.07) is 14.1. The number of carbonyl (C=O) groups is 2. The predicted octanol–water partition coefficient (Wildman–Crippen LogP) is 2.07. The lowest BCUT2D eigenvalue weighted by Crippen LogP contribution is -2.27. The van der Waals surface area contributed by atoms with Crippen LogP contribution in [-0.4, -0.2) is 37.8 Å². The van der Waals surface area contributed by atoms with Gasteiger partial charge in [-0.05, 0) is 48.6 Å². The molecule has 30 heavy (non-hydrogen) atoms. The van der Waals surface area contributed by atoms with Crippen LogP contribution in [-0.2, 0) is 32.5 Å². The molecular formula is C21H25N3O4S2. The molecule has 1 aliphatic rings. The molecule has 7 nitrogen and oxygen atoms in total. The van der Waals surface area contributed by atoms with Crippen LogP contribution in [0, 0.1) is 0 Å². The van der Waals surface area contributed by atoms with Crippen molar-refractivity contribution in [3.8, 4) is 0 Å². The first-order valence-corrected chi connectivity index (χ1v) is 12.3. The summed E-state index contributed by atoms with van der Waals surface area (Å²) in [7, 11) is -3.70. The van der Waals surface area contributed by atoms with Crippen molar-refractivity contribution >= 4 is 39.3 Å². The number of carbonyl (C=O) groups excluding carboxylic acids is 2. The van der Waals surface area contributed by atoms with Crippen LogP contribution in [0.4, 0.5) is 5.69 Å². The molecule has 0 spiro atoms. The summed E-state index contributed by atoms with van der Waals surface area (Å²) in [5, 5.41) is 10.7. The third-order valence-electron chi connectivity index (χ3n) is 4.88. The fraction of sp³-hybridized carbons (Fsp3) is 0.333. The standard InChI is InChI=1S/C21H25N3O4S2/c22-30(27,28)17-8-5-15(6-9-17)11-13-23-20(25)12-14-29-19-10-7-16-3-1-2-4-18(16)24-21(19)26/h1-6,8-9,19H,7,10-14H2,(H,23,25)(H,24,26)(H2,22,27,28)/t19-/m0/s1. The van der Waals surface area contributed by atoms with E-state index in [1.165, 1.54) is 23.9 Å². The number of hydrogen-bond donors (Lipinski definition) is 3. The van der Waals surface area contributed by atoms with Crippen LogP contribution in [0.3, 0.4) is 0 Å². The normalized spacial score (nSPS) is 16.3. The molecule has 160 valence electrons. The van der Waals surface area contributed by atoms with Crippen molar-refractivity contribution in [3.05, 3.63) is 59.7 Å². The molecule has 0 bridgehead atoms. The molecule has 3 rings (SSSR count). The summed E-state index contributed by atoms with van der Waals surface area (Å²) in [5.74, 6) is 0.498. The van der Waals surface area contributed by atoms with Gasteiger partial charge in [0.25, 0.3) is 0 Å². The lowest BCUT2D eigenvalue weighted by atomic mass is 10.1. The summed E-state index contributed by atoms with van der Waals surface area (Å²) in [6.07, 6.45) is 2.52. The first kappa shape index (κ1) is 22.3. The number of sulfonamides is 1. The zero-order valence-electron chi connectivity index (χ0n) is 16.5. The van der Waals surface area contributed by atoms with Crippen molar-refractivity contribution in [2.45, 2.75) is 35.8 Å². The zero-order valence-corrected chi connectivity index (χ0v) is 18.1. The lowest BCUT2D eigenvalue weighted by Gasteiger charge is -2.12. The average Bonchev–Trinajstić information content (AvgIpc) is 2.86. The quantitative estimate of drug-likeness (QED) is 0.572. The maximum Gasteiger partial charge on any atom is 0.238 e. The second-order valence-electron chi connectivity index (χ2n) is 7.08. The van der Waals surface area contributed by atoms with E-state index in [1.54, 1.807) is 12.1 Å². The molecule has 0 unspecified atom stereocenters. The highest BCUT2D eigenvalue weighted by molar-refractivity contribution is 8.00. The Kier molecular flexibility index (Phi) is 7.52. The monoisotopic (exact) mass is 447 g/mol. The van der Waals surface area contributed by atoms with E-state index in [2.05, 4.69) is 10.6 Å². The van der Waals surface area contributed by atoms with Crippen LogP contribution in [0.15, 0.2) is 53.4 Å². The van der Waals surface area contributed by atoms with Gasteiger partial charge in [0.2, 0.25) is 21.8 Å². The van der Waals surface area contributed by atoms with Gasteiger partial charge in [-0.2, -0.15) is 0 Å². The number of primary sulfonamides is 1. The molecule has 0 saturated carbocycles. The van der Waals surface area contributed by atoms with E-state index in [0.717, 1.165) is 29.7 Å².